The molecule has 0 aliphatic carbocycles. The maximum atomic E-state index is 13.7. The molecule has 16 heteroatoms. The molecule has 0 radical (unpaired) electrons. The van der Waals surface area contributed by atoms with Gasteiger partial charge in [0.1, 0.15) is 6.54 Å². The lowest BCUT2D eigenvalue weighted by Crippen LogP contribution is -2.60. The summed E-state index contributed by atoms with van der Waals surface area (Å²) in [5.41, 5.74) is 0. The maximum Gasteiger partial charge on any atom is 0.461 e. The van der Waals surface area contributed by atoms with Gasteiger partial charge < -0.3 is 19.5 Å². The van der Waals surface area contributed by atoms with E-state index in [0.717, 1.165) is 0 Å². The minimum Gasteiger partial charge on any atom is -0.544 e. The molecule has 0 spiro atoms. The number of alkyl halides is 7. The fourth-order valence-electron chi connectivity index (χ4n) is 2.17. The van der Waals surface area contributed by atoms with Crippen molar-refractivity contribution >= 4 is 22.0 Å². The van der Waals surface area contributed by atoms with Crippen LogP contribution in [0.1, 0.15) is 12.8 Å². The lowest BCUT2D eigenvalue weighted by molar-refractivity contribution is -0.884. The zero-order chi connectivity index (χ0) is 23.5. The topological polar surface area (TPSA) is 115 Å². The lowest BCUT2D eigenvalue weighted by Gasteiger charge is -2.33. The number of hydrogen-bond donors (Lipinski definition) is 1. The first kappa shape index (κ1) is 27.3. The number of hydrogen-bond acceptors (Lipinski definition) is 5. The minimum absolute atomic E-state index is 0.228. The summed E-state index contributed by atoms with van der Waals surface area (Å²) >= 11 is 0. The summed E-state index contributed by atoms with van der Waals surface area (Å²) in [4.78, 5) is 21.2. The highest BCUT2D eigenvalue weighted by atomic mass is 32.2. The van der Waals surface area contributed by atoms with Gasteiger partial charge in [-0.2, -0.15) is 35.0 Å². The molecule has 8 nitrogen and oxygen atoms in total. The second kappa shape index (κ2) is 8.99. The third-order valence-electron chi connectivity index (χ3n) is 3.69. The van der Waals surface area contributed by atoms with Gasteiger partial charge in [0, 0.05) is 19.5 Å². The highest BCUT2D eigenvalue weighted by molar-refractivity contribution is 7.90. The van der Waals surface area contributed by atoms with Crippen LogP contribution in [0.5, 0.6) is 0 Å². The van der Waals surface area contributed by atoms with E-state index in [9.17, 15) is 53.8 Å². The van der Waals surface area contributed by atoms with E-state index in [1.165, 1.54) is 14.1 Å². The van der Waals surface area contributed by atoms with Crippen molar-refractivity contribution in [3.63, 3.8) is 0 Å². The molecule has 0 bridgehead atoms. The van der Waals surface area contributed by atoms with Gasteiger partial charge >= 0.3 is 23.3 Å². The predicted molar refractivity (Wildman–Crippen MR) is 80.2 cm³/mol. The van der Waals surface area contributed by atoms with E-state index in [2.05, 4.69) is 0 Å². The largest absolute Gasteiger partial charge is 0.544 e. The molecular formula is C13H19F7N2O6S. The molecular weight excluding hydrogens is 445 g/mol. The molecule has 0 rings (SSSR count). The third kappa shape index (κ3) is 6.67. The second-order valence-corrected chi connectivity index (χ2v) is 8.66. The monoisotopic (exact) mass is 464 g/mol. The smallest absolute Gasteiger partial charge is 0.461 e. The number of rotatable bonds is 12. The SMILES string of the molecule is C[N+](C)(CCCN(CCC(=O)O)S(=O)(=O)C(F)(F)C(F)(F)C(F)(F)F)CC(=O)[O-]. The first-order valence-corrected chi connectivity index (χ1v) is 9.19. The Morgan fingerprint density at radius 3 is 1.90 bits per heavy atom. The summed E-state index contributed by atoms with van der Waals surface area (Å²) in [5.74, 6) is -10.2. The van der Waals surface area contributed by atoms with Gasteiger partial charge in [-0.05, 0) is 0 Å². The number of carboxylic acid groups (broad SMARTS) is 2. The predicted octanol–water partition coefficient (Wildman–Crippen LogP) is 0.0997. The van der Waals surface area contributed by atoms with Gasteiger partial charge in [0.15, 0.2) is 0 Å². The molecule has 0 atom stereocenters. The number of likely N-dealkylation sites (N-methyl/N-ethyl adjacent to an activating group) is 1. The normalized spacial score (nSPS) is 14.3. The number of quaternary nitrogens is 1. The van der Waals surface area contributed by atoms with E-state index in [4.69, 9.17) is 5.11 Å². The molecule has 0 aromatic rings. The summed E-state index contributed by atoms with van der Waals surface area (Å²) in [7, 11) is -4.01. The number of sulfonamides is 1. The summed E-state index contributed by atoms with van der Waals surface area (Å²) in [5, 5.41) is 12.6. The Morgan fingerprint density at radius 2 is 1.52 bits per heavy atom. The highest BCUT2D eigenvalue weighted by Crippen LogP contribution is 2.49. The number of aliphatic carboxylic acids is 2. The molecule has 172 valence electrons. The van der Waals surface area contributed by atoms with Crippen LogP contribution in [0.4, 0.5) is 30.7 Å². The van der Waals surface area contributed by atoms with E-state index in [-0.39, 0.29) is 11.0 Å². The van der Waals surface area contributed by atoms with E-state index in [1.54, 1.807) is 0 Å². The molecule has 0 aromatic heterocycles. The van der Waals surface area contributed by atoms with Crippen LogP contribution in [-0.2, 0) is 19.6 Å². The summed E-state index contributed by atoms with van der Waals surface area (Å²) in [6.07, 6.45) is -8.49. The molecule has 0 aliphatic rings. The van der Waals surface area contributed by atoms with Crippen molar-refractivity contribution < 1.29 is 63.4 Å². The standard InChI is InChI=1S/C13H19F7N2O6S/c1-22(2,8-10(25)26)7-3-5-21(6-4-9(23)24)29(27,28)13(19,20)11(14,15)12(16,17)18/h3-8H2,1-2H3,(H-,23,24,25,26). The van der Waals surface area contributed by atoms with Crippen LogP contribution < -0.4 is 5.11 Å². The van der Waals surface area contributed by atoms with E-state index >= 15 is 0 Å². The van der Waals surface area contributed by atoms with Gasteiger partial charge in [0.05, 0.1) is 33.0 Å². The van der Waals surface area contributed by atoms with Crippen LogP contribution in [0, 0.1) is 0 Å². The molecule has 1 N–H and O–H groups in total. The minimum atomic E-state index is -6.94. The number of carboxylic acids is 2. The number of halogens is 7. The van der Waals surface area contributed by atoms with Crippen LogP contribution in [0.3, 0.4) is 0 Å². The third-order valence-corrected chi connectivity index (χ3v) is 5.64. The number of carbonyl (C=O) groups excluding carboxylic acids is 1. The summed E-state index contributed by atoms with van der Waals surface area (Å²) < 4.78 is 114. The van der Waals surface area contributed by atoms with Gasteiger partial charge in [0.2, 0.25) is 0 Å². The van der Waals surface area contributed by atoms with E-state index < -0.39 is 76.1 Å². The van der Waals surface area contributed by atoms with E-state index in [1.807, 2.05) is 0 Å². The second-order valence-electron chi connectivity index (χ2n) is 6.68. The van der Waals surface area contributed by atoms with Crippen molar-refractivity contribution in [3.8, 4) is 0 Å². The van der Waals surface area contributed by atoms with Crippen LogP contribution >= 0.6 is 0 Å². The molecule has 0 aromatic carbocycles. The molecule has 0 fully saturated rings. The van der Waals surface area contributed by atoms with Crippen molar-refractivity contribution in [1.29, 1.82) is 0 Å². The van der Waals surface area contributed by atoms with Crippen molar-refractivity contribution in [2.24, 2.45) is 0 Å². The lowest BCUT2D eigenvalue weighted by atomic mass is 10.3. The molecule has 0 saturated carbocycles. The van der Waals surface area contributed by atoms with Crippen LogP contribution in [0.25, 0.3) is 0 Å². The quantitative estimate of drug-likeness (QED) is 0.324. The zero-order valence-corrected chi connectivity index (χ0v) is 16.0. The summed E-state index contributed by atoms with van der Waals surface area (Å²) in [6.45, 7) is -3.17. The van der Waals surface area contributed by atoms with Gasteiger partial charge in [0.25, 0.3) is 10.0 Å². The average molecular weight is 464 g/mol. The van der Waals surface area contributed by atoms with Crippen LogP contribution in [0.15, 0.2) is 0 Å². The van der Waals surface area contributed by atoms with Gasteiger partial charge in [-0.25, -0.2) is 8.42 Å². The Bertz CT molecular complexity index is 709. The highest BCUT2D eigenvalue weighted by Gasteiger charge is 2.79. The summed E-state index contributed by atoms with van der Waals surface area (Å²) in [6, 6.07) is 0. The molecule has 0 heterocycles. The van der Waals surface area contributed by atoms with Crippen molar-refractivity contribution in [3.05, 3.63) is 0 Å². The van der Waals surface area contributed by atoms with Crippen LogP contribution in [-0.4, -0.2) is 91.9 Å². The number of carbonyl (C=O) groups is 2. The van der Waals surface area contributed by atoms with Crippen LogP contribution in [0.2, 0.25) is 0 Å². The molecule has 0 saturated heterocycles. The Morgan fingerprint density at radius 1 is 1.03 bits per heavy atom. The fraction of sp³-hybridized carbons (Fsp3) is 0.846. The maximum absolute atomic E-state index is 13.7. The van der Waals surface area contributed by atoms with Gasteiger partial charge in [-0.15, -0.1) is 0 Å². The molecule has 0 unspecified atom stereocenters. The molecule has 0 aliphatic heterocycles. The van der Waals surface area contributed by atoms with Gasteiger partial charge in [-0.3, -0.25) is 4.79 Å². The van der Waals surface area contributed by atoms with Crippen molar-refractivity contribution in [1.82, 2.24) is 4.31 Å². The molecule has 0 amide bonds. The Balaban J connectivity index is 5.73. The average Bonchev–Trinajstić information content (AvgIpc) is 2.47. The Kier molecular flexibility index (Phi) is 8.47. The first-order valence-electron chi connectivity index (χ1n) is 7.75. The fourth-order valence-corrected chi connectivity index (χ4v) is 3.63. The van der Waals surface area contributed by atoms with Crippen molar-refractivity contribution in [2.45, 2.75) is 30.2 Å². The zero-order valence-electron chi connectivity index (χ0n) is 15.2. The van der Waals surface area contributed by atoms with E-state index in [0.29, 0.717) is 0 Å². The Hall–Kier alpha value is -1.68. The first-order chi connectivity index (χ1) is 12.7. The Labute approximate surface area is 161 Å². The van der Waals surface area contributed by atoms with Crippen molar-refractivity contribution in [2.75, 3.05) is 40.3 Å². The molecule has 29 heavy (non-hydrogen) atoms. The van der Waals surface area contributed by atoms with Gasteiger partial charge in [-0.1, -0.05) is 0 Å². The number of nitrogens with zero attached hydrogens (tertiary/aromatic N) is 2.